The molecule has 0 fully saturated rings. The molecule has 0 saturated heterocycles. The van der Waals surface area contributed by atoms with Crippen molar-refractivity contribution in [3.63, 3.8) is 0 Å². The Labute approximate surface area is 337 Å². The molecule has 0 saturated carbocycles. The van der Waals surface area contributed by atoms with E-state index in [1.807, 2.05) is 22.6 Å². The first-order valence-electron chi connectivity index (χ1n) is 16.3. The number of nitrogens with one attached hydrogen (secondary N) is 2. The van der Waals surface area contributed by atoms with Crippen LogP contribution in [0.2, 0.25) is 0 Å². The maximum Gasteiger partial charge on any atom is 0.274 e. The Morgan fingerprint density at radius 2 is 1.07 bits per heavy atom. The van der Waals surface area contributed by atoms with Gasteiger partial charge in [-0.2, -0.15) is 9.97 Å². The number of hydrogen-bond acceptors (Lipinski definition) is 10. The average Bonchev–Trinajstić information content (AvgIpc) is 3.70. The largest absolute Gasteiger partial charge is 0.437 e. The number of amides is 2. The second-order valence-electron chi connectivity index (χ2n) is 12.5. The average molecular weight is 945 g/mol. The highest BCUT2D eigenvalue weighted by molar-refractivity contribution is 14.1. The summed E-state index contributed by atoms with van der Waals surface area (Å²) in [6.45, 7) is 0.593. The fourth-order valence-corrected chi connectivity index (χ4v) is 7.28. The van der Waals surface area contributed by atoms with E-state index in [0.29, 0.717) is 31.3 Å². The molecule has 0 aliphatic carbocycles. The summed E-state index contributed by atoms with van der Waals surface area (Å²) in [4.78, 5) is 33.3. The van der Waals surface area contributed by atoms with E-state index in [9.17, 15) is 44.0 Å². The number of pyridine rings is 2. The van der Waals surface area contributed by atoms with Crippen LogP contribution in [0.1, 0.15) is 33.2 Å². The third kappa shape index (κ3) is 8.83. The minimum Gasteiger partial charge on any atom is -0.437 e. The molecular weight excluding hydrogens is 911 g/mol. The van der Waals surface area contributed by atoms with E-state index in [-0.39, 0.29) is 45.3 Å². The summed E-state index contributed by atoms with van der Waals surface area (Å²) in [5.41, 5.74) is 0.186. The highest BCUT2D eigenvalue weighted by atomic mass is 127. The van der Waals surface area contributed by atoms with Crippen LogP contribution in [-0.2, 0) is 26.0 Å². The van der Waals surface area contributed by atoms with E-state index in [1.54, 1.807) is 6.07 Å². The molecule has 2 aromatic carbocycles. The molecule has 57 heavy (non-hydrogen) atoms. The third-order valence-electron chi connectivity index (χ3n) is 8.47. The summed E-state index contributed by atoms with van der Waals surface area (Å²) in [5, 5.41) is 5.36. The van der Waals surface area contributed by atoms with Crippen molar-refractivity contribution in [2.75, 3.05) is 49.3 Å². The maximum absolute atomic E-state index is 14.3. The van der Waals surface area contributed by atoms with Gasteiger partial charge < -0.3 is 19.5 Å². The van der Waals surface area contributed by atoms with Gasteiger partial charge in [-0.1, -0.05) is 0 Å². The molecule has 2 amide bonds. The van der Waals surface area contributed by atoms with Gasteiger partial charge in [0.15, 0.2) is 11.6 Å². The van der Waals surface area contributed by atoms with E-state index in [0.717, 1.165) is 42.1 Å². The molecule has 14 nitrogen and oxygen atoms in total. The molecule has 6 rings (SSSR count). The number of hydrogen-bond donors (Lipinski definition) is 2. The number of carbonyl (C=O) groups is 2. The van der Waals surface area contributed by atoms with Crippen molar-refractivity contribution in [1.29, 1.82) is 0 Å². The molecule has 0 bridgehead atoms. The molecule has 0 radical (unpaired) electrons. The fourth-order valence-electron chi connectivity index (χ4n) is 5.41. The number of halogens is 5. The predicted molar refractivity (Wildman–Crippen MR) is 214 cm³/mol. The minimum absolute atomic E-state index is 0.0126. The molecule has 0 aliphatic heterocycles. The van der Waals surface area contributed by atoms with Crippen LogP contribution in [0.5, 0.6) is 0 Å². The minimum atomic E-state index is -3.91. The van der Waals surface area contributed by atoms with E-state index < -0.39 is 60.8 Å². The van der Waals surface area contributed by atoms with Crippen molar-refractivity contribution in [1.82, 2.24) is 20.6 Å². The number of furan rings is 2. The topological polar surface area (TPSA) is 185 Å². The third-order valence-corrected chi connectivity index (χ3v) is 11.6. The second-order valence-corrected chi connectivity index (χ2v) is 17.7. The molecule has 4 aromatic heterocycles. The number of aromatic nitrogens is 2. The Balaban J connectivity index is 0.000000219. The van der Waals surface area contributed by atoms with Gasteiger partial charge in [-0.15, -0.1) is 0 Å². The lowest BCUT2D eigenvalue weighted by molar-refractivity contribution is 0.0179. The van der Waals surface area contributed by atoms with E-state index in [2.05, 4.69) is 20.6 Å². The SMILES string of the molecule is CNC(=O)c1c(-c2ccc(F)cc2)oc2nc(N(C)S(C)(=O)=O)c(C(C)(F)F)cc12.CNC(=O)c1c(-c2ccc(F)cc2)oc2nc(N(C)S(C)(=O)=O)c(I)cc12. The van der Waals surface area contributed by atoms with Crippen molar-refractivity contribution < 1.29 is 52.8 Å². The van der Waals surface area contributed by atoms with Crippen LogP contribution >= 0.6 is 22.6 Å². The summed E-state index contributed by atoms with van der Waals surface area (Å²) < 4.78 is 116. The number of benzene rings is 2. The Bertz CT molecular complexity index is 2760. The molecule has 2 N–H and O–H groups in total. The van der Waals surface area contributed by atoms with E-state index in [4.69, 9.17) is 8.83 Å². The smallest absolute Gasteiger partial charge is 0.274 e. The van der Waals surface area contributed by atoms with Crippen molar-refractivity contribution in [2.45, 2.75) is 12.8 Å². The van der Waals surface area contributed by atoms with Crippen molar-refractivity contribution in [3.8, 4) is 22.6 Å². The Kier molecular flexibility index (Phi) is 12.0. The summed E-state index contributed by atoms with van der Waals surface area (Å²) in [5.74, 6) is -5.55. The molecular formula is C36H33F4IN6O8S2. The summed E-state index contributed by atoms with van der Waals surface area (Å²) in [6.07, 6.45) is 1.91. The lowest BCUT2D eigenvalue weighted by atomic mass is 10.0. The van der Waals surface area contributed by atoms with Gasteiger partial charge in [0, 0.05) is 46.2 Å². The number of rotatable bonds is 9. The van der Waals surface area contributed by atoms with Crippen molar-refractivity contribution in [2.24, 2.45) is 0 Å². The van der Waals surface area contributed by atoms with E-state index in [1.165, 1.54) is 57.5 Å². The Hall–Kier alpha value is -5.29. The molecule has 0 atom stereocenters. The Morgan fingerprint density at radius 3 is 1.44 bits per heavy atom. The summed E-state index contributed by atoms with van der Waals surface area (Å²) in [7, 11) is -2.13. The zero-order valence-electron chi connectivity index (χ0n) is 31.0. The first-order valence-corrected chi connectivity index (χ1v) is 21.1. The van der Waals surface area contributed by atoms with Crippen molar-refractivity contribution >= 4 is 88.3 Å². The van der Waals surface area contributed by atoms with Gasteiger partial charge in [-0.25, -0.2) is 34.4 Å². The molecule has 0 aliphatic rings. The van der Waals surface area contributed by atoms with Crippen LogP contribution in [0, 0.1) is 15.2 Å². The second kappa shape index (κ2) is 15.9. The lowest BCUT2D eigenvalue weighted by Crippen LogP contribution is -2.28. The zero-order valence-corrected chi connectivity index (χ0v) is 34.8. The lowest BCUT2D eigenvalue weighted by Gasteiger charge is -2.21. The van der Waals surface area contributed by atoms with Gasteiger partial charge in [0.05, 0.1) is 43.5 Å². The number of anilines is 2. The van der Waals surface area contributed by atoms with Gasteiger partial charge >= 0.3 is 0 Å². The van der Waals surface area contributed by atoms with Gasteiger partial charge in [-0.05, 0) is 83.3 Å². The molecule has 0 spiro atoms. The van der Waals surface area contributed by atoms with Crippen LogP contribution in [-0.4, -0.2) is 79.3 Å². The summed E-state index contributed by atoms with van der Waals surface area (Å²) >= 11 is 1.95. The van der Waals surface area contributed by atoms with Crippen LogP contribution in [0.25, 0.3) is 44.8 Å². The van der Waals surface area contributed by atoms with Gasteiger partial charge in [0.2, 0.25) is 31.5 Å². The Morgan fingerprint density at radius 1 is 0.702 bits per heavy atom. The quantitative estimate of drug-likeness (QED) is 0.120. The number of fused-ring (bicyclic) bond motifs is 2. The van der Waals surface area contributed by atoms with Crippen molar-refractivity contribution in [3.05, 3.63) is 92.6 Å². The van der Waals surface area contributed by atoms with Crippen LogP contribution in [0.15, 0.2) is 69.5 Å². The van der Waals surface area contributed by atoms with E-state index >= 15 is 0 Å². The van der Waals surface area contributed by atoms with Gasteiger partial charge in [-0.3, -0.25) is 18.2 Å². The number of sulfonamides is 2. The monoisotopic (exact) mass is 944 g/mol. The first kappa shape index (κ1) is 42.8. The zero-order chi connectivity index (χ0) is 42.4. The molecule has 302 valence electrons. The number of alkyl halides is 2. The van der Waals surface area contributed by atoms with Crippen LogP contribution in [0.4, 0.5) is 29.2 Å². The molecule has 21 heteroatoms. The number of carbonyl (C=O) groups excluding carboxylic acids is 2. The van der Waals surface area contributed by atoms with Crippen LogP contribution < -0.4 is 19.2 Å². The van der Waals surface area contributed by atoms with Crippen LogP contribution in [0.3, 0.4) is 0 Å². The standard InChI is InChI=1S/C19H18F3N3O4S.C17H15FIN3O4S/c1-19(21,22)13-9-12-14(17(26)23-2)15(10-5-7-11(20)8-6-10)29-18(12)24-16(13)25(3)30(4,27)28;1-20-16(23)13-11-8-12(19)15(22(2)27(3,24)25)21-17(11)26-14(13)9-4-6-10(18)7-5-9/h5-9H,1-4H3,(H,23,26);4-8H,1-3H3,(H,20,23). The highest BCUT2D eigenvalue weighted by Gasteiger charge is 2.35. The number of nitrogens with zero attached hydrogens (tertiary/aromatic N) is 4. The normalized spacial score (nSPS) is 11.9. The first-order chi connectivity index (χ1) is 26.5. The highest BCUT2D eigenvalue weighted by Crippen LogP contribution is 2.41. The molecule has 4 heterocycles. The maximum atomic E-state index is 14.3. The summed E-state index contributed by atoms with van der Waals surface area (Å²) in [6, 6.07) is 13.2. The predicted octanol–water partition coefficient (Wildman–Crippen LogP) is 6.49. The molecule has 0 unspecified atom stereocenters. The fraction of sp³-hybridized carbons (Fsp3) is 0.222. The van der Waals surface area contributed by atoms with Gasteiger partial charge in [0.1, 0.15) is 23.2 Å². The van der Waals surface area contributed by atoms with Gasteiger partial charge in [0.25, 0.3) is 17.7 Å². The molecule has 6 aromatic rings.